The van der Waals surface area contributed by atoms with Crippen LogP contribution in [0, 0.1) is 34.5 Å². The average molecular weight is 233 g/mol. The van der Waals surface area contributed by atoms with Crippen LogP contribution in [-0.4, -0.2) is 12.6 Å². The van der Waals surface area contributed by atoms with E-state index in [1.54, 1.807) is 0 Å². The summed E-state index contributed by atoms with van der Waals surface area (Å²) in [6.45, 7) is 0.566. The van der Waals surface area contributed by atoms with Gasteiger partial charge in [0.1, 0.15) is 6.42 Å². The molecule has 4 aliphatic rings. The van der Waals surface area contributed by atoms with Gasteiger partial charge in [0, 0.05) is 5.41 Å². The van der Waals surface area contributed by atoms with Crippen molar-refractivity contribution >= 4 is 5.97 Å². The fourth-order valence-corrected chi connectivity index (χ4v) is 4.82. The van der Waals surface area contributed by atoms with Crippen molar-refractivity contribution in [3.05, 3.63) is 0 Å². The van der Waals surface area contributed by atoms with Crippen molar-refractivity contribution in [1.82, 2.24) is 0 Å². The lowest BCUT2D eigenvalue weighted by atomic mass is 9.50. The van der Waals surface area contributed by atoms with Gasteiger partial charge < -0.3 is 4.74 Å². The zero-order valence-corrected chi connectivity index (χ0v) is 10.2. The maximum Gasteiger partial charge on any atom is 0.320 e. The maximum atomic E-state index is 11.3. The smallest absolute Gasteiger partial charge is 0.320 e. The van der Waals surface area contributed by atoms with Crippen molar-refractivity contribution in [2.75, 3.05) is 6.61 Å². The van der Waals surface area contributed by atoms with Crippen LogP contribution in [0.5, 0.6) is 0 Å². The van der Waals surface area contributed by atoms with Crippen molar-refractivity contribution < 1.29 is 9.53 Å². The number of carbonyl (C=O) groups is 1. The fraction of sp³-hybridized carbons (Fsp3) is 0.857. The van der Waals surface area contributed by atoms with E-state index in [2.05, 4.69) is 0 Å². The van der Waals surface area contributed by atoms with E-state index in [9.17, 15) is 4.79 Å². The van der Waals surface area contributed by atoms with Gasteiger partial charge in [0.05, 0.1) is 12.7 Å². The van der Waals surface area contributed by atoms with Gasteiger partial charge in [0.15, 0.2) is 0 Å². The summed E-state index contributed by atoms with van der Waals surface area (Å²) < 4.78 is 5.31. The highest BCUT2D eigenvalue weighted by Crippen LogP contribution is 2.60. The largest absolute Gasteiger partial charge is 0.464 e. The Bertz CT molecular complexity index is 334. The number of nitrogens with zero attached hydrogens (tertiary/aromatic N) is 1. The number of esters is 1. The Hall–Kier alpha value is -1.04. The first-order valence-corrected chi connectivity index (χ1v) is 6.72. The lowest BCUT2D eigenvalue weighted by molar-refractivity contribution is -0.154. The van der Waals surface area contributed by atoms with Crippen molar-refractivity contribution in [1.29, 1.82) is 5.26 Å². The second-order valence-electron chi connectivity index (χ2n) is 6.41. The third kappa shape index (κ3) is 2.06. The zero-order valence-electron chi connectivity index (χ0n) is 10.2. The first kappa shape index (κ1) is 11.1. The van der Waals surface area contributed by atoms with Crippen molar-refractivity contribution in [2.24, 2.45) is 23.2 Å². The van der Waals surface area contributed by atoms with Gasteiger partial charge in [-0.1, -0.05) is 0 Å². The molecule has 3 nitrogen and oxygen atoms in total. The molecule has 0 aromatic heterocycles. The molecule has 4 bridgehead atoms. The van der Waals surface area contributed by atoms with Gasteiger partial charge in [-0.2, -0.15) is 5.26 Å². The molecule has 0 heterocycles. The molecule has 3 heteroatoms. The molecule has 0 N–H and O–H groups in total. The van der Waals surface area contributed by atoms with Crippen LogP contribution in [0.25, 0.3) is 0 Å². The minimum absolute atomic E-state index is 0.105. The Morgan fingerprint density at radius 1 is 1.18 bits per heavy atom. The fourth-order valence-electron chi connectivity index (χ4n) is 4.82. The van der Waals surface area contributed by atoms with Crippen LogP contribution in [0.15, 0.2) is 0 Å². The topological polar surface area (TPSA) is 50.1 Å². The molecule has 0 spiro atoms. The Labute approximate surface area is 102 Å². The van der Waals surface area contributed by atoms with E-state index in [4.69, 9.17) is 10.00 Å². The predicted octanol–water partition coefficient (Wildman–Crippen LogP) is 2.66. The van der Waals surface area contributed by atoms with Gasteiger partial charge in [0.2, 0.25) is 0 Å². The molecule has 92 valence electrons. The molecule has 0 aromatic carbocycles. The summed E-state index contributed by atoms with van der Waals surface area (Å²) in [4.78, 5) is 11.3. The average Bonchev–Trinajstić information content (AvgIpc) is 2.25. The van der Waals surface area contributed by atoms with Crippen molar-refractivity contribution in [3.63, 3.8) is 0 Å². The molecule has 4 aliphatic carbocycles. The quantitative estimate of drug-likeness (QED) is 0.704. The first-order chi connectivity index (χ1) is 8.19. The number of hydrogen-bond donors (Lipinski definition) is 0. The summed E-state index contributed by atoms with van der Waals surface area (Å²) in [5.41, 5.74) is 0.278. The van der Waals surface area contributed by atoms with Gasteiger partial charge in [-0.25, -0.2) is 0 Å². The SMILES string of the molecule is N#CCC(=O)OCC12CC3CC(CC(C3)C1)C2. The van der Waals surface area contributed by atoms with E-state index in [-0.39, 0.29) is 17.8 Å². The van der Waals surface area contributed by atoms with Crippen molar-refractivity contribution in [3.8, 4) is 6.07 Å². The highest BCUT2D eigenvalue weighted by atomic mass is 16.5. The van der Waals surface area contributed by atoms with Gasteiger partial charge >= 0.3 is 5.97 Å². The zero-order chi connectivity index (χ0) is 11.9. The summed E-state index contributed by atoms with van der Waals surface area (Å²) >= 11 is 0. The van der Waals surface area contributed by atoms with E-state index in [0.717, 1.165) is 17.8 Å². The molecular formula is C14H19NO2. The number of rotatable bonds is 3. The number of ether oxygens (including phenoxy) is 1. The normalized spacial score (nSPS) is 42.2. The van der Waals surface area contributed by atoms with Crippen LogP contribution < -0.4 is 0 Å². The van der Waals surface area contributed by atoms with E-state index in [1.807, 2.05) is 6.07 Å². The summed E-state index contributed by atoms with van der Waals surface area (Å²) in [5, 5.41) is 8.45. The molecule has 0 amide bonds. The molecule has 4 saturated carbocycles. The first-order valence-electron chi connectivity index (χ1n) is 6.72. The summed E-state index contributed by atoms with van der Waals surface area (Å²) in [5.74, 6) is 2.31. The van der Waals surface area contributed by atoms with E-state index >= 15 is 0 Å². The van der Waals surface area contributed by atoms with Crippen LogP contribution in [0.4, 0.5) is 0 Å². The van der Waals surface area contributed by atoms with Crippen LogP contribution in [-0.2, 0) is 9.53 Å². The predicted molar refractivity (Wildman–Crippen MR) is 61.8 cm³/mol. The van der Waals surface area contributed by atoms with Crippen LogP contribution in [0.2, 0.25) is 0 Å². The molecule has 0 aliphatic heterocycles. The number of hydrogen-bond acceptors (Lipinski definition) is 3. The monoisotopic (exact) mass is 233 g/mol. The molecule has 0 unspecified atom stereocenters. The molecule has 0 radical (unpaired) electrons. The second-order valence-corrected chi connectivity index (χ2v) is 6.41. The standard InChI is InChI=1S/C14H19NO2/c15-2-1-13(16)17-9-14-6-10-3-11(7-14)5-12(4-10)8-14/h10-12H,1,3-9H2. The van der Waals surface area contributed by atoms with Crippen LogP contribution in [0.1, 0.15) is 44.9 Å². The third-order valence-corrected chi connectivity index (χ3v) is 4.93. The van der Waals surface area contributed by atoms with E-state index in [0.29, 0.717) is 6.61 Å². The Balaban J connectivity index is 1.63. The van der Waals surface area contributed by atoms with Gasteiger partial charge in [-0.05, 0) is 56.3 Å². The van der Waals surface area contributed by atoms with Gasteiger partial charge in [-0.15, -0.1) is 0 Å². The summed E-state index contributed by atoms with van der Waals surface area (Å²) in [7, 11) is 0. The molecule has 0 atom stereocenters. The molecule has 4 fully saturated rings. The molecule has 4 rings (SSSR count). The minimum Gasteiger partial charge on any atom is -0.464 e. The van der Waals surface area contributed by atoms with E-state index in [1.165, 1.54) is 38.5 Å². The minimum atomic E-state index is -0.344. The van der Waals surface area contributed by atoms with Gasteiger partial charge in [-0.3, -0.25) is 4.79 Å². The second kappa shape index (κ2) is 4.01. The van der Waals surface area contributed by atoms with Crippen molar-refractivity contribution in [2.45, 2.75) is 44.9 Å². The Kier molecular flexibility index (Phi) is 2.61. The summed E-state index contributed by atoms with van der Waals surface area (Å²) in [6.07, 6.45) is 7.87. The highest BCUT2D eigenvalue weighted by Gasteiger charge is 2.51. The van der Waals surface area contributed by atoms with Crippen LogP contribution in [0.3, 0.4) is 0 Å². The number of nitriles is 1. The van der Waals surface area contributed by atoms with E-state index < -0.39 is 0 Å². The maximum absolute atomic E-state index is 11.3. The Morgan fingerprint density at radius 2 is 1.71 bits per heavy atom. The summed E-state index contributed by atoms with van der Waals surface area (Å²) in [6, 6.07) is 1.85. The molecule has 0 aromatic rings. The highest BCUT2D eigenvalue weighted by molar-refractivity contribution is 5.71. The molecule has 17 heavy (non-hydrogen) atoms. The van der Waals surface area contributed by atoms with Gasteiger partial charge in [0.25, 0.3) is 0 Å². The third-order valence-electron chi connectivity index (χ3n) is 4.93. The van der Waals surface area contributed by atoms with Crippen LogP contribution >= 0.6 is 0 Å². The number of carbonyl (C=O) groups excluding carboxylic acids is 1. The molecule has 0 saturated heterocycles. The lowest BCUT2D eigenvalue weighted by Crippen LogP contribution is -2.48. The Morgan fingerprint density at radius 3 is 2.18 bits per heavy atom. The molecular weight excluding hydrogens is 214 g/mol. The lowest BCUT2D eigenvalue weighted by Gasteiger charge is -2.56.